The molecule has 0 radical (unpaired) electrons. The first kappa shape index (κ1) is 12.3. The molecule has 0 aromatic carbocycles. The molecule has 0 aliphatic carbocycles. The highest BCUT2D eigenvalue weighted by Crippen LogP contribution is 1.93. The largest absolute Gasteiger partial charge is 0.370 e. The summed E-state index contributed by atoms with van der Waals surface area (Å²) in [5.41, 5.74) is 10.2. The zero-order valence-corrected chi connectivity index (χ0v) is 7.66. The third-order valence-corrected chi connectivity index (χ3v) is 1.47. The van der Waals surface area contributed by atoms with Gasteiger partial charge in [0.05, 0.1) is 6.04 Å². The molecule has 0 saturated carbocycles. The molecule has 0 fully saturated rings. The second kappa shape index (κ2) is 5.87. The van der Waals surface area contributed by atoms with Gasteiger partial charge in [0, 0.05) is 6.42 Å². The van der Waals surface area contributed by atoms with Crippen LogP contribution in [0.25, 0.3) is 0 Å². The summed E-state index contributed by atoms with van der Waals surface area (Å²) in [5, 5.41) is 1.98. The Hall–Kier alpha value is -1.69. The van der Waals surface area contributed by atoms with Crippen molar-refractivity contribution in [1.82, 2.24) is 5.32 Å². The van der Waals surface area contributed by atoms with Crippen molar-refractivity contribution in [3.63, 3.8) is 0 Å². The van der Waals surface area contributed by atoms with Crippen molar-refractivity contribution >= 4 is 17.7 Å². The Kier molecular flexibility index (Phi) is 5.16. The summed E-state index contributed by atoms with van der Waals surface area (Å²) < 4.78 is 0. The van der Waals surface area contributed by atoms with Gasteiger partial charge in [0.25, 0.3) is 0 Å². The quantitative estimate of drug-likeness (QED) is 0.463. The predicted molar refractivity (Wildman–Crippen MR) is 49.8 cm³/mol. The van der Waals surface area contributed by atoms with E-state index in [1.807, 2.05) is 5.32 Å². The van der Waals surface area contributed by atoms with Crippen LogP contribution in [0.5, 0.6) is 0 Å². The Bertz CT molecular complexity index is 263. The molecule has 0 bridgehead atoms. The number of rotatable bonds is 5. The summed E-state index contributed by atoms with van der Waals surface area (Å²) >= 11 is 0. The van der Waals surface area contributed by atoms with Crippen LogP contribution in [0.1, 0.15) is 12.8 Å². The predicted octanol–water partition coefficient (Wildman–Crippen LogP) is -1.59. The van der Waals surface area contributed by atoms with Gasteiger partial charge in [0.1, 0.15) is 0 Å². The lowest BCUT2D eigenvalue weighted by molar-refractivity contribution is -0.129. The zero-order valence-electron chi connectivity index (χ0n) is 7.66. The molecule has 6 heteroatoms. The van der Waals surface area contributed by atoms with Gasteiger partial charge in [-0.1, -0.05) is 6.58 Å². The van der Waals surface area contributed by atoms with Crippen molar-refractivity contribution in [1.29, 1.82) is 0 Å². The summed E-state index contributed by atoms with van der Waals surface area (Å²) in [7, 11) is 0. The molecule has 14 heavy (non-hydrogen) atoms. The average molecular weight is 199 g/mol. The number of carbonyl (C=O) groups is 3. The fourth-order valence-corrected chi connectivity index (χ4v) is 0.694. The van der Waals surface area contributed by atoms with E-state index in [9.17, 15) is 14.4 Å². The van der Waals surface area contributed by atoms with Gasteiger partial charge in [-0.25, -0.2) is 0 Å². The fourth-order valence-electron chi connectivity index (χ4n) is 0.694. The van der Waals surface area contributed by atoms with Crippen LogP contribution in [0.15, 0.2) is 12.7 Å². The van der Waals surface area contributed by atoms with E-state index in [0.29, 0.717) is 0 Å². The maximum atomic E-state index is 11.1. The molecule has 5 N–H and O–H groups in total. The van der Waals surface area contributed by atoms with Gasteiger partial charge in [-0.15, -0.1) is 0 Å². The minimum Gasteiger partial charge on any atom is -0.370 e. The molecule has 0 unspecified atom stereocenters. The number of amides is 3. The molecular formula is C8H13N3O3. The van der Waals surface area contributed by atoms with E-state index < -0.39 is 23.8 Å². The number of hydrogen-bond acceptors (Lipinski definition) is 4. The van der Waals surface area contributed by atoms with E-state index in [-0.39, 0.29) is 12.8 Å². The SMILES string of the molecule is C=CC(=O)NC(=O)[C@@H](N)CCC(N)=O. The Morgan fingerprint density at radius 2 is 2.00 bits per heavy atom. The third kappa shape index (κ3) is 5.04. The van der Waals surface area contributed by atoms with Crippen molar-refractivity contribution in [2.75, 3.05) is 0 Å². The van der Waals surface area contributed by atoms with Gasteiger partial charge in [0.2, 0.25) is 17.7 Å². The first-order valence-corrected chi connectivity index (χ1v) is 3.98. The highest BCUT2D eigenvalue weighted by Gasteiger charge is 2.15. The second-order valence-corrected chi connectivity index (χ2v) is 2.67. The fraction of sp³-hybridized carbons (Fsp3) is 0.375. The summed E-state index contributed by atoms with van der Waals surface area (Å²) in [6.07, 6.45) is 1.08. The molecule has 0 saturated heterocycles. The minimum atomic E-state index is -0.911. The number of primary amides is 1. The molecule has 0 aliphatic heterocycles. The number of imide groups is 1. The number of nitrogens with one attached hydrogen (secondary N) is 1. The summed E-state index contributed by atoms with van der Waals surface area (Å²) in [6, 6.07) is -0.911. The highest BCUT2D eigenvalue weighted by molar-refractivity contribution is 6.02. The Morgan fingerprint density at radius 3 is 2.43 bits per heavy atom. The van der Waals surface area contributed by atoms with Gasteiger partial charge >= 0.3 is 0 Å². The monoisotopic (exact) mass is 199 g/mol. The average Bonchev–Trinajstić information content (AvgIpc) is 2.13. The van der Waals surface area contributed by atoms with Crippen LogP contribution in [0.4, 0.5) is 0 Å². The standard InChI is InChI=1S/C8H13N3O3/c1-2-7(13)11-8(14)5(9)3-4-6(10)12/h2,5H,1,3-4,9H2,(H2,10,12)(H,11,13,14)/t5-/m0/s1. The molecule has 1 atom stereocenters. The smallest absolute Gasteiger partial charge is 0.249 e. The lowest BCUT2D eigenvalue weighted by Crippen LogP contribution is -2.43. The lowest BCUT2D eigenvalue weighted by atomic mass is 10.1. The lowest BCUT2D eigenvalue weighted by Gasteiger charge is -2.08. The molecule has 0 aromatic rings. The topological polar surface area (TPSA) is 115 Å². The molecule has 0 aromatic heterocycles. The third-order valence-electron chi connectivity index (χ3n) is 1.47. The number of hydrogen-bond donors (Lipinski definition) is 3. The van der Waals surface area contributed by atoms with Crippen LogP contribution in [-0.4, -0.2) is 23.8 Å². The van der Waals surface area contributed by atoms with E-state index in [1.54, 1.807) is 0 Å². The molecule has 0 heterocycles. The maximum absolute atomic E-state index is 11.1. The van der Waals surface area contributed by atoms with E-state index >= 15 is 0 Å². The summed E-state index contributed by atoms with van der Waals surface area (Å²) in [6.45, 7) is 3.17. The number of nitrogens with two attached hydrogens (primary N) is 2. The van der Waals surface area contributed by atoms with Gasteiger partial charge in [-0.05, 0) is 12.5 Å². The van der Waals surface area contributed by atoms with Crippen LogP contribution in [0.3, 0.4) is 0 Å². The van der Waals surface area contributed by atoms with Crippen LogP contribution < -0.4 is 16.8 Å². The molecular weight excluding hydrogens is 186 g/mol. The normalized spacial score (nSPS) is 11.5. The van der Waals surface area contributed by atoms with Crippen molar-refractivity contribution in [3.8, 4) is 0 Å². The molecule has 0 spiro atoms. The van der Waals surface area contributed by atoms with Gasteiger partial charge < -0.3 is 11.5 Å². The maximum Gasteiger partial charge on any atom is 0.249 e. The summed E-state index contributed by atoms with van der Waals surface area (Å²) in [4.78, 5) is 32.1. The van der Waals surface area contributed by atoms with E-state index in [4.69, 9.17) is 11.5 Å². The zero-order chi connectivity index (χ0) is 11.1. The van der Waals surface area contributed by atoms with Crippen molar-refractivity contribution in [2.45, 2.75) is 18.9 Å². The Labute approximate surface area is 81.3 Å². The molecule has 6 nitrogen and oxygen atoms in total. The van der Waals surface area contributed by atoms with Gasteiger partial charge in [-0.2, -0.15) is 0 Å². The van der Waals surface area contributed by atoms with Crippen molar-refractivity contribution < 1.29 is 14.4 Å². The van der Waals surface area contributed by atoms with Gasteiger partial charge in [0.15, 0.2) is 0 Å². The van der Waals surface area contributed by atoms with Gasteiger partial charge in [-0.3, -0.25) is 19.7 Å². The summed E-state index contributed by atoms with van der Waals surface area (Å²) in [5.74, 6) is -1.80. The van der Waals surface area contributed by atoms with Crippen LogP contribution >= 0.6 is 0 Å². The highest BCUT2D eigenvalue weighted by atomic mass is 16.2. The van der Waals surface area contributed by atoms with Crippen molar-refractivity contribution in [2.24, 2.45) is 11.5 Å². The second-order valence-electron chi connectivity index (χ2n) is 2.67. The molecule has 0 rings (SSSR count). The first-order valence-electron chi connectivity index (χ1n) is 3.98. The van der Waals surface area contributed by atoms with Crippen LogP contribution in [-0.2, 0) is 14.4 Å². The van der Waals surface area contributed by atoms with E-state index in [0.717, 1.165) is 6.08 Å². The van der Waals surface area contributed by atoms with Crippen LogP contribution in [0, 0.1) is 0 Å². The molecule has 78 valence electrons. The molecule has 3 amide bonds. The minimum absolute atomic E-state index is 0.0108. The Balaban J connectivity index is 3.93. The Morgan fingerprint density at radius 1 is 1.43 bits per heavy atom. The van der Waals surface area contributed by atoms with Crippen LogP contribution in [0.2, 0.25) is 0 Å². The molecule has 0 aliphatic rings. The van der Waals surface area contributed by atoms with E-state index in [1.165, 1.54) is 0 Å². The number of carbonyl (C=O) groups excluding carboxylic acids is 3. The van der Waals surface area contributed by atoms with Crippen molar-refractivity contribution in [3.05, 3.63) is 12.7 Å². The van der Waals surface area contributed by atoms with E-state index in [2.05, 4.69) is 6.58 Å². The first-order chi connectivity index (χ1) is 6.47.